The second-order valence-corrected chi connectivity index (χ2v) is 7.97. The lowest BCUT2D eigenvalue weighted by molar-refractivity contribution is -0.137. The Kier molecular flexibility index (Phi) is 6.73. The summed E-state index contributed by atoms with van der Waals surface area (Å²) in [6, 6.07) is 18.8. The molecule has 0 aliphatic carbocycles. The van der Waals surface area contributed by atoms with Crippen LogP contribution in [0.3, 0.4) is 0 Å². The molecule has 0 aliphatic heterocycles. The van der Waals surface area contributed by atoms with Crippen LogP contribution < -0.4 is 0 Å². The van der Waals surface area contributed by atoms with Gasteiger partial charge in [0.2, 0.25) is 0 Å². The second-order valence-electron chi connectivity index (χ2n) is 7.97. The zero-order valence-corrected chi connectivity index (χ0v) is 18.9. The van der Waals surface area contributed by atoms with Gasteiger partial charge in [-0.2, -0.15) is 13.2 Å². The smallest absolute Gasteiger partial charge is 0.391 e. The molecule has 0 N–H and O–H groups in total. The fraction of sp³-hybridized carbons (Fsp3) is 0.148. The van der Waals surface area contributed by atoms with E-state index >= 15 is 0 Å². The van der Waals surface area contributed by atoms with Crippen LogP contribution in [0.4, 0.5) is 22.0 Å². The molecule has 1 heterocycles. The Bertz CT molecular complexity index is 1370. The van der Waals surface area contributed by atoms with Crippen molar-refractivity contribution in [3.63, 3.8) is 0 Å². The lowest BCUT2D eigenvalue weighted by Gasteiger charge is -2.13. The maximum atomic E-state index is 14.7. The van der Waals surface area contributed by atoms with Gasteiger partial charge in [-0.15, -0.1) is 0 Å². The molecule has 0 amide bonds. The van der Waals surface area contributed by atoms with Gasteiger partial charge in [0, 0.05) is 11.3 Å². The summed E-state index contributed by atoms with van der Waals surface area (Å²) in [4.78, 5) is 5.35. The van der Waals surface area contributed by atoms with Gasteiger partial charge in [0.15, 0.2) is 0 Å². The number of benzene rings is 3. The van der Waals surface area contributed by atoms with Crippen LogP contribution in [0.25, 0.3) is 16.9 Å². The van der Waals surface area contributed by atoms with Crippen LogP contribution in [0.2, 0.25) is 0 Å². The van der Waals surface area contributed by atoms with Gasteiger partial charge in [0.05, 0.1) is 22.7 Å². The van der Waals surface area contributed by atoms with Crippen molar-refractivity contribution < 1.29 is 26.8 Å². The monoisotopic (exact) mass is 484 g/mol. The number of para-hydroxylation sites is 1. The number of oxime groups is 1. The van der Waals surface area contributed by atoms with Gasteiger partial charge in [-0.1, -0.05) is 29.4 Å². The highest BCUT2D eigenvalue weighted by Gasteiger charge is 2.30. The molecule has 1 aromatic heterocycles. The van der Waals surface area contributed by atoms with Crippen molar-refractivity contribution in [1.29, 1.82) is 0 Å². The predicted molar refractivity (Wildman–Crippen MR) is 124 cm³/mol. The third kappa shape index (κ3) is 5.26. The van der Waals surface area contributed by atoms with Gasteiger partial charge in [-0.3, -0.25) is 0 Å². The molecule has 0 saturated carbocycles. The molecule has 4 rings (SSSR count). The van der Waals surface area contributed by atoms with Gasteiger partial charge in [-0.25, -0.2) is 8.78 Å². The minimum Gasteiger partial charge on any atom is -0.391 e. The molecule has 0 unspecified atom stereocenters. The average molecular weight is 484 g/mol. The molecule has 35 heavy (non-hydrogen) atoms. The van der Waals surface area contributed by atoms with E-state index in [1.54, 1.807) is 54.8 Å². The quantitative estimate of drug-likeness (QED) is 0.157. The van der Waals surface area contributed by atoms with Crippen LogP contribution in [0, 0.1) is 18.6 Å². The molecule has 180 valence electrons. The van der Waals surface area contributed by atoms with Crippen LogP contribution in [-0.4, -0.2) is 10.3 Å². The predicted octanol–water partition coefficient (Wildman–Crippen LogP) is 7.69. The van der Waals surface area contributed by atoms with E-state index in [0.717, 1.165) is 12.1 Å². The summed E-state index contributed by atoms with van der Waals surface area (Å²) in [5.41, 5.74) is 2.93. The van der Waals surface area contributed by atoms with Crippen LogP contribution >= 0.6 is 0 Å². The van der Waals surface area contributed by atoms with Crippen LogP contribution in [0.15, 0.2) is 84.0 Å². The molecule has 0 atom stereocenters. The fourth-order valence-corrected chi connectivity index (χ4v) is 3.84. The molecule has 3 aromatic carbocycles. The fourth-order valence-electron chi connectivity index (χ4n) is 3.84. The molecular formula is C27H21F5N2O. The first-order chi connectivity index (χ1) is 16.6. The van der Waals surface area contributed by atoms with Crippen molar-refractivity contribution in [2.75, 3.05) is 0 Å². The van der Waals surface area contributed by atoms with Crippen molar-refractivity contribution in [3.05, 3.63) is 113 Å². The number of hydrogen-bond donors (Lipinski definition) is 0. The van der Waals surface area contributed by atoms with Crippen LogP contribution in [0.1, 0.15) is 29.3 Å². The second kappa shape index (κ2) is 9.74. The Labute approximate surface area is 199 Å². The summed E-state index contributed by atoms with van der Waals surface area (Å²) in [6.45, 7) is 3.33. The summed E-state index contributed by atoms with van der Waals surface area (Å²) >= 11 is 0. The Hall–Kier alpha value is -3.94. The third-order valence-corrected chi connectivity index (χ3v) is 5.56. The Morgan fingerprint density at radius 1 is 0.914 bits per heavy atom. The lowest BCUT2D eigenvalue weighted by atomic mass is 10.1. The highest BCUT2D eigenvalue weighted by atomic mass is 19.4. The molecule has 4 aromatic rings. The molecule has 8 heteroatoms. The van der Waals surface area contributed by atoms with E-state index in [4.69, 9.17) is 4.84 Å². The highest BCUT2D eigenvalue weighted by molar-refractivity contribution is 6.01. The third-order valence-electron chi connectivity index (χ3n) is 5.56. The number of alkyl halides is 3. The highest BCUT2D eigenvalue weighted by Crippen LogP contribution is 2.32. The number of halogens is 5. The zero-order valence-electron chi connectivity index (χ0n) is 18.9. The average Bonchev–Trinajstić information content (AvgIpc) is 3.16. The van der Waals surface area contributed by atoms with E-state index in [1.165, 1.54) is 30.3 Å². The van der Waals surface area contributed by atoms with Crippen LogP contribution in [-0.2, 0) is 17.6 Å². The summed E-state index contributed by atoms with van der Waals surface area (Å²) < 4.78 is 68.7. The number of aromatic nitrogens is 1. The van der Waals surface area contributed by atoms with Crippen molar-refractivity contribution in [1.82, 2.24) is 4.57 Å². The molecule has 0 saturated heterocycles. The topological polar surface area (TPSA) is 26.5 Å². The molecule has 0 radical (unpaired) electrons. The Morgan fingerprint density at radius 3 is 2.31 bits per heavy atom. The molecule has 0 spiro atoms. The maximum Gasteiger partial charge on any atom is 0.416 e. The standard InChI is InChI=1S/C27H21F5N2O/c1-17(33-35-16-19-6-5-7-21(14-19)27(30,31)32)23-15-26(20-10-12-22(28)13-11-20)34(18(23)2)25-9-4-3-8-24(25)29/h3-15H,16H2,1-2H3/b33-17-. The van der Waals surface area contributed by atoms with Gasteiger partial charge in [-0.05, 0) is 79.6 Å². The van der Waals surface area contributed by atoms with E-state index in [0.29, 0.717) is 39.5 Å². The number of hydrogen-bond acceptors (Lipinski definition) is 2. The Balaban J connectivity index is 1.68. The molecule has 0 bridgehead atoms. The van der Waals surface area contributed by atoms with Gasteiger partial charge < -0.3 is 9.40 Å². The van der Waals surface area contributed by atoms with Crippen molar-refractivity contribution in [2.45, 2.75) is 26.6 Å². The first kappa shape index (κ1) is 24.2. The maximum absolute atomic E-state index is 14.7. The summed E-state index contributed by atoms with van der Waals surface area (Å²) in [5, 5.41) is 4.09. The van der Waals surface area contributed by atoms with Crippen molar-refractivity contribution in [2.24, 2.45) is 5.16 Å². The minimum absolute atomic E-state index is 0.154. The summed E-state index contributed by atoms with van der Waals surface area (Å²) in [5.74, 6) is -0.827. The van der Waals surface area contributed by atoms with E-state index in [-0.39, 0.29) is 6.61 Å². The SMILES string of the molecule is C/C(=N/OCc1cccc(C(F)(F)F)c1)c1cc(-c2ccc(F)cc2)n(-c2ccccc2F)c1C. The normalized spacial score (nSPS) is 12.1. The van der Waals surface area contributed by atoms with E-state index in [2.05, 4.69) is 5.16 Å². The minimum atomic E-state index is -4.45. The van der Waals surface area contributed by atoms with Crippen molar-refractivity contribution >= 4 is 5.71 Å². The first-order valence-electron chi connectivity index (χ1n) is 10.7. The summed E-state index contributed by atoms with van der Waals surface area (Å²) in [7, 11) is 0. The van der Waals surface area contributed by atoms with Crippen molar-refractivity contribution in [3.8, 4) is 16.9 Å². The van der Waals surface area contributed by atoms with Gasteiger partial charge in [0.25, 0.3) is 0 Å². The van der Waals surface area contributed by atoms with E-state index in [1.807, 2.05) is 0 Å². The van der Waals surface area contributed by atoms with E-state index < -0.39 is 23.4 Å². The number of rotatable bonds is 6. The number of nitrogens with zero attached hydrogens (tertiary/aromatic N) is 2. The largest absolute Gasteiger partial charge is 0.416 e. The molecular weight excluding hydrogens is 463 g/mol. The summed E-state index contributed by atoms with van der Waals surface area (Å²) in [6.07, 6.45) is -4.45. The molecule has 3 nitrogen and oxygen atoms in total. The van der Waals surface area contributed by atoms with Crippen LogP contribution in [0.5, 0.6) is 0 Å². The lowest BCUT2D eigenvalue weighted by Crippen LogP contribution is -2.06. The van der Waals surface area contributed by atoms with E-state index in [9.17, 15) is 22.0 Å². The van der Waals surface area contributed by atoms with Gasteiger partial charge >= 0.3 is 6.18 Å². The van der Waals surface area contributed by atoms with Gasteiger partial charge in [0.1, 0.15) is 18.2 Å². The molecule has 0 fully saturated rings. The Morgan fingerprint density at radius 2 is 1.63 bits per heavy atom. The zero-order chi connectivity index (χ0) is 25.2. The first-order valence-corrected chi connectivity index (χ1v) is 10.7. The molecule has 0 aliphatic rings.